The lowest BCUT2D eigenvalue weighted by atomic mass is 9.74. The van der Waals surface area contributed by atoms with E-state index < -0.39 is 37.8 Å². The molecule has 1 aliphatic rings. The summed E-state index contributed by atoms with van der Waals surface area (Å²) in [5.74, 6) is -2.14. The average Bonchev–Trinajstić information content (AvgIpc) is 3.29. The zero-order chi connectivity index (χ0) is 23.9. The van der Waals surface area contributed by atoms with Crippen LogP contribution in [0, 0.1) is 5.82 Å². The summed E-state index contributed by atoms with van der Waals surface area (Å²) in [5, 5.41) is 2.75. The molecule has 3 heterocycles. The van der Waals surface area contributed by atoms with E-state index in [1.165, 1.54) is 31.3 Å². The van der Waals surface area contributed by atoms with Crippen molar-refractivity contribution in [2.24, 2.45) is 0 Å². The summed E-state index contributed by atoms with van der Waals surface area (Å²) in [7, 11) is -4.11. The molecule has 2 N–H and O–H groups in total. The van der Waals surface area contributed by atoms with Crippen LogP contribution in [0.1, 0.15) is 44.4 Å². The van der Waals surface area contributed by atoms with Crippen molar-refractivity contribution in [3.8, 4) is 5.75 Å². The molecular formula is C24H26FN3O4S. The summed E-state index contributed by atoms with van der Waals surface area (Å²) in [5.41, 5.74) is 0.104. The molecule has 4 rings (SSSR count). The predicted molar refractivity (Wildman–Crippen MR) is 123 cm³/mol. The lowest BCUT2D eigenvalue weighted by molar-refractivity contribution is -0.120. The number of sulfone groups is 1. The maximum atomic E-state index is 14.4. The number of anilines is 1. The topological polar surface area (TPSA) is 101 Å². The van der Waals surface area contributed by atoms with Crippen molar-refractivity contribution in [1.82, 2.24) is 9.97 Å². The molecule has 3 aromatic rings. The van der Waals surface area contributed by atoms with Gasteiger partial charge in [0.1, 0.15) is 17.2 Å². The van der Waals surface area contributed by atoms with Gasteiger partial charge in [0.05, 0.1) is 11.9 Å². The van der Waals surface area contributed by atoms with E-state index in [2.05, 4.69) is 15.3 Å². The number of fused-ring (bicyclic) bond motifs is 1. The van der Waals surface area contributed by atoms with Gasteiger partial charge in [-0.25, -0.2) is 12.8 Å². The molecule has 1 aromatic carbocycles. The fourth-order valence-electron chi connectivity index (χ4n) is 4.63. The SMILES string of the molecule is CCS(=O)(=O)C(C(=O)Nc1cccnc1)(c1ccc[nH]1)C1CC(C)(C)Oc2ccc(F)cc21. The van der Waals surface area contributed by atoms with Crippen molar-refractivity contribution in [3.63, 3.8) is 0 Å². The lowest BCUT2D eigenvalue weighted by Crippen LogP contribution is -2.55. The van der Waals surface area contributed by atoms with Crippen LogP contribution < -0.4 is 10.1 Å². The minimum atomic E-state index is -4.11. The first-order valence-electron chi connectivity index (χ1n) is 10.7. The first-order valence-corrected chi connectivity index (χ1v) is 12.3. The number of aromatic nitrogens is 2. The van der Waals surface area contributed by atoms with Gasteiger partial charge in [-0.2, -0.15) is 0 Å². The fraction of sp³-hybridized carbons (Fsp3) is 0.333. The maximum absolute atomic E-state index is 14.4. The van der Waals surface area contributed by atoms with Gasteiger partial charge < -0.3 is 15.0 Å². The molecule has 0 aliphatic carbocycles. The molecule has 0 spiro atoms. The molecule has 9 heteroatoms. The van der Waals surface area contributed by atoms with Gasteiger partial charge in [-0.05, 0) is 62.7 Å². The number of ether oxygens (including phenoxy) is 1. The summed E-state index contributed by atoms with van der Waals surface area (Å²) < 4.78 is 46.2. The highest BCUT2D eigenvalue weighted by Gasteiger charge is 2.60. The average molecular weight is 472 g/mol. The van der Waals surface area contributed by atoms with Gasteiger partial charge in [-0.3, -0.25) is 9.78 Å². The highest BCUT2D eigenvalue weighted by Crippen LogP contribution is 2.53. The third-order valence-electron chi connectivity index (χ3n) is 6.05. The van der Waals surface area contributed by atoms with Gasteiger partial charge in [0.2, 0.25) is 0 Å². The zero-order valence-corrected chi connectivity index (χ0v) is 19.4. The van der Waals surface area contributed by atoms with E-state index in [1.807, 2.05) is 13.8 Å². The van der Waals surface area contributed by atoms with Crippen molar-refractivity contribution in [2.75, 3.05) is 11.1 Å². The third kappa shape index (κ3) is 3.90. The van der Waals surface area contributed by atoms with Gasteiger partial charge in [0.25, 0.3) is 5.91 Å². The molecule has 0 fully saturated rings. The Kier molecular flexibility index (Phi) is 5.78. The molecule has 7 nitrogen and oxygen atoms in total. The first-order chi connectivity index (χ1) is 15.6. The van der Waals surface area contributed by atoms with E-state index >= 15 is 0 Å². The Morgan fingerprint density at radius 2 is 2.09 bits per heavy atom. The number of H-pyrrole nitrogens is 1. The van der Waals surface area contributed by atoms with Crippen LogP contribution in [0.4, 0.5) is 10.1 Å². The van der Waals surface area contributed by atoms with Crippen LogP contribution in [0.25, 0.3) is 0 Å². The van der Waals surface area contributed by atoms with E-state index in [0.29, 0.717) is 17.0 Å². The van der Waals surface area contributed by atoms with E-state index in [9.17, 15) is 17.6 Å². The number of hydrogen-bond acceptors (Lipinski definition) is 5. The van der Waals surface area contributed by atoms with Crippen molar-refractivity contribution in [2.45, 2.75) is 43.5 Å². The number of hydrogen-bond donors (Lipinski definition) is 2. The van der Waals surface area contributed by atoms with E-state index in [4.69, 9.17) is 4.74 Å². The molecule has 0 saturated carbocycles. The first kappa shape index (κ1) is 23.0. The van der Waals surface area contributed by atoms with Crippen molar-refractivity contribution >= 4 is 21.4 Å². The van der Waals surface area contributed by atoms with Crippen molar-refractivity contribution < 1.29 is 22.3 Å². The van der Waals surface area contributed by atoms with E-state index in [0.717, 1.165) is 0 Å². The number of rotatable bonds is 6. The second kappa shape index (κ2) is 8.30. The zero-order valence-electron chi connectivity index (χ0n) is 18.6. The third-order valence-corrected chi connectivity index (χ3v) is 8.48. The Hall–Kier alpha value is -3.20. The van der Waals surface area contributed by atoms with Gasteiger partial charge in [-0.1, -0.05) is 6.92 Å². The molecule has 33 heavy (non-hydrogen) atoms. The molecule has 2 atom stereocenters. The van der Waals surface area contributed by atoms with Crippen LogP contribution in [0.3, 0.4) is 0 Å². The maximum Gasteiger partial charge on any atom is 0.252 e. The Morgan fingerprint density at radius 1 is 1.30 bits per heavy atom. The van der Waals surface area contributed by atoms with Gasteiger partial charge in [-0.15, -0.1) is 0 Å². The summed E-state index contributed by atoms with van der Waals surface area (Å²) >= 11 is 0. The number of nitrogens with one attached hydrogen (secondary N) is 2. The van der Waals surface area contributed by atoms with Crippen LogP contribution >= 0.6 is 0 Å². The lowest BCUT2D eigenvalue weighted by Gasteiger charge is -2.45. The number of carbonyl (C=O) groups excluding carboxylic acids is 1. The normalized spacial score (nSPS) is 19.1. The molecule has 1 amide bonds. The Morgan fingerprint density at radius 3 is 2.73 bits per heavy atom. The smallest absolute Gasteiger partial charge is 0.252 e. The fourth-order valence-corrected chi connectivity index (χ4v) is 6.53. The summed E-state index contributed by atoms with van der Waals surface area (Å²) in [6.07, 6.45) is 4.74. The second-order valence-electron chi connectivity index (χ2n) is 8.72. The van der Waals surface area contributed by atoms with Crippen molar-refractivity contribution in [1.29, 1.82) is 0 Å². The van der Waals surface area contributed by atoms with Crippen LogP contribution in [0.15, 0.2) is 61.1 Å². The highest BCUT2D eigenvalue weighted by atomic mass is 32.2. The van der Waals surface area contributed by atoms with Crippen molar-refractivity contribution in [3.05, 3.63) is 78.1 Å². The number of pyridine rings is 1. The number of halogens is 1. The molecule has 0 bridgehead atoms. The standard InChI is InChI=1S/C24H26FN3O4S/c1-4-33(30,31)24(21-8-6-12-27-21,22(29)28-17-7-5-11-26-15-17)19-14-23(2,3)32-20-10-9-16(25)13-18(19)20/h5-13,15,19,27H,4,14H2,1-3H3,(H,28,29). The van der Waals surface area contributed by atoms with Crippen LogP contribution in [-0.2, 0) is 19.4 Å². The molecule has 2 aromatic heterocycles. The molecule has 0 saturated heterocycles. The number of benzene rings is 1. The van der Waals surface area contributed by atoms with E-state index in [1.54, 1.807) is 36.7 Å². The molecule has 0 radical (unpaired) electrons. The van der Waals surface area contributed by atoms with Gasteiger partial charge in [0, 0.05) is 35.3 Å². The Balaban J connectivity index is 2.03. The number of carbonyl (C=O) groups is 1. The molecule has 2 unspecified atom stereocenters. The van der Waals surface area contributed by atoms with E-state index in [-0.39, 0.29) is 17.9 Å². The molecule has 174 valence electrons. The quantitative estimate of drug-likeness (QED) is 0.562. The van der Waals surface area contributed by atoms with Gasteiger partial charge in [0.15, 0.2) is 14.6 Å². The molecular weight excluding hydrogens is 445 g/mol. The summed E-state index contributed by atoms with van der Waals surface area (Å²) in [6, 6.07) is 10.5. The summed E-state index contributed by atoms with van der Waals surface area (Å²) in [4.78, 5) is 21.0. The largest absolute Gasteiger partial charge is 0.488 e. The second-order valence-corrected chi connectivity index (χ2v) is 11.2. The number of nitrogens with zero attached hydrogens (tertiary/aromatic N) is 1. The Labute approximate surface area is 192 Å². The minimum absolute atomic E-state index is 0.169. The summed E-state index contributed by atoms with van der Waals surface area (Å²) in [6.45, 7) is 5.15. The number of amides is 1. The van der Waals surface area contributed by atoms with Crippen LogP contribution in [-0.4, -0.2) is 35.6 Å². The Bertz CT molecular complexity index is 1260. The van der Waals surface area contributed by atoms with Crippen LogP contribution in [0.2, 0.25) is 0 Å². The number of aromatic amines is 1. The van der Waals surface area contributed by atoms with Crippen LogP contribution in [0.5, 0.6) is 5.75 Å². The molecule has 1 aliphatic heterocycles. The predicted octanol–water partition coefficient (Wildman–Crippen LogP) is 4.16. The minimum Gasteiger partial charge on any atom is -0.488 e. The highest BCUT2D eigenvalue weighted by molar-refractivity contribution is 7.93. The van der Waals surface area contributed by atoms with Gasteiger partial charge >= 0.3 is 0 Å². The monoisotopic (exact) mass is 471 g/mol.